The Labute approximate surface area is 135 Å². The standard InChI is InChI=1S/C16H23N3O2S/c1-18(2)16-9-12(11-22-16)14-10-13(17)3-4-15(14)19(5-7-20)6-8-21/h3-4,9-11,20-21H,5-8,17H2,1-2H3. The zero-order chi connectivity index (χ0) is 16.1. The van der Waals surface area contributed by atoms with Gasteiger partial charge in [-0.15, -0.1) is 11.3 Å². The van der Waals surface area contributed by atoms with Crippen LogP contribution in [-0.4, -0.2) is 50.6 Å². The van der Waals surface area contributed by atoms with Crippen molar-refractivity contribution in [2.24, 2.45) is 0 Å². The van der Waals surface area contributed by atoms with Gasteiger partial charge in [0.25, 0.3) is 0 Å². The Kier molecular flexibility index (Phi) is 5.65. The molecule has 120 valence electrons. The van der Waals surface area contributed by atoms with Crippen LogP contribution in [0.2, 0.25) is 0 Å². The van der Waals surface area contributed by atoms with Crippen LogP contribution in [0.15, 0.2) is 29.6 Å². The Hall–Kier alpha value is -1.76. The van der Waals surface area contributed by atoms with E-state index in [0.717, 1.165) is 16.8 Å². The van der Waals surface area contributed by atoms with E-state index in [1.54, 1.807) is 11.3 Å². The van der Waals surface area contributed by atoms with Crippen LogP contribution in [0.3, 0.4) is 0 Å². The lowest BCUT2D eigenvalue weighted by Gasteiger charge is -2.25. The van der Waals surface area contributed by atoms with E-state index < -0.39 is 0 Å². The maximum Gasteiger partial charge on any atom is 0.0909 e. The van der Waals surface area contributed by atoms with Gasteiger partial charge in [0.15, 0.2) is 0 Å². The number of hydrogen-bond acceptors (Lipinski definition) is 6. The van der Waals surface area contributed by atoms with Crippen LogP contribution in [0.5, 0.6) is 0 Å². The van der Waals surface area contributed by atoms with Gasteiger partial charge >= 0.3 is 0 Å². The summed E-state index contributed by atoms with van der Waals surface area (Å²) in [7, 11) is 4.03. The third-order valence-electron chi connectivity index (χ3n) is 3.44. The molecule has 4 N–H and O–H groups in total. The first-order chi connectivity index (χ1) is 10.6. The SMILES string of the molecule is CN(C)c1cc(-c2cc(N)ccc2N(CCO)CCO)cs1. The molecule has 2 rings (SSSR count). The molecule has 1 aromatic carbocycles. The lowest BCUT2D eigenvalue weighted by atomic mass is 10.0. The molecule has 1 heterocycles. The van der Waals surface area contributed by atoms with Crippen molar-refractivity contribution < 1.29 is 10.2 Å². The summed E-state index contributed by atoms with van der Waals surface area (Å²) < 4.78 is 0. The first-order valence-electron chi connectivity index (χ1n) is 7.19. The van der Waals surface area contributed by atoms with Crippen molar-refractivity contribution in [2.75, 3.05) is 55.9 Å². The summed E-state index contributed by atoms with van der Waals surface area (Å²) in [5.41, 5.74) is 9.74. The van der Waals surface area contributed by atoms with E-state index in [2.05, 4.69) is 16.3 Å². The molecule has 0 fully saturated rings. The van der Waals surface area contributed by atoms with Crippen molar-refractivity contribution in [3.05, 3.63) is 29.6 Å². The second-order valence-electron chi connectivity index (χ2n) is 5.28. The average molecular weight is 321 g/mol. The molecule has 0 bridgehead atoms. The summed E-state index contributed by atoms with van der Waals surface area (Å²) in [6, 6.07) is 7.86. The quantitative estimate of drug-likeness (QED) is 0.679. The topological polar surface area (TPSA) is 73.0 Å². The number of hydrogen-bond donors (Lipinski definition) is 3. The summed E-state index contributed by atoms with van der Waals surface area (Å²) in [5.74, 6) is 0. The van der Waals surface area contributed by atoms with Gasteiger partial charge in [-0.05, 0) is 29.8 Å². The molecule has 5 nitrogen and oxygen atoms in total. The molecule has 6 heteroatoms. The number of aliphatic hydroxyl groups excluding tert-OH is 2. The van der Waals surface area contributed by atoms with Crippen molar-refractivity contribution in [1.29, 1.82) is 0 Å². The van der Waals surface area contributed by atoms with Crippen molar-refractivity contribution in [3.8, 4) is 11.1 Å². The van der Waals surface area contributed by atoms with E-state index in [9.17, 15) is 10.2 Å². The molecular weight excluding hydrogens is 298 g/mol. The molecule has 0 saturated heterocycles. The number of anilines is 3. The van der Waals surface area contributed by atoms with E-state index in [-0.39, 0.29) is 13.2 Å². The van der Waals surface area contributed by atoms with Crippen molar-refractivity contribution in [1.82, 2.24) is 0 Å². The van der Waals surface area contributed by atoms with E-state index in [0.29, 0.717) is 18.8 Å². The zero-order valence-electron chi connectivity index (χ0n) is 13.0. The van der Waals surface area contributed by atoms with Gasteiger partial charge in [0.2, 0.25) is 0 Å². The van der Waals surface area contributed by atoms with E-state index >= 15 is 0 Å². The third kappa shape index (κ3) is 3.71. The molecule has 0 atom stereocenters. The number of benzene rings is 1. The molecule has 22 heavy (non-hydrogen) atoms. The van der Waals surface area contributed by atoms with Crippen LogP contribution >= 0.6 is 11.3 Å². The van der Waals surface area contributed by atoms with Crippen molar-refractivity contribution >= 4 is 27.7 Å². The van der Waals surface area contributed by atoms with Gasteiger partial charge in [-0.1, -0.05) is 0 Å². The second-order valence-corrected chi connectivity index (χ2v) is 6.17. The largest absolute Gasteiger partial charge is 0.399 e. The molecular formula is C16H23N3O2S. The van der Waals surface area contributed by atoms with Crippen LogP contribution in [0.25, 0.3) is 11.1 Å². The van der Waals surface area contributed by atoms with Crippen LogP contribution in [-0.2, 0) is 0 Å². The predicted octanol–water partition coefficient (Wildman–Crippen LogP) is 1.85. The first-order valence-corrected chi connectivity index (χ1v) is 8.07. The summed E-state index contributed by atoms with van der Waals surface area (Å²) in [6.45, 7) is 1.02. The van der Waals surface area contributed by atoms with Gasteiger partial charge in [0, 0.05) is 49.5 Å². The van der Waals surface area contributed by atoms with E-state index in [4.69, 9.17) is 5.73 Å². The summed E-state index contributed by atoms with van der Waals surface area (Å²) in [4.78, 5) is 4.04. The lowest BCUT2D eigenvalue weighted by Crippen LogP contribution is -2.30. The Morgan fingerprint density at radius 2 is 1.77 bits per heavy atom. The highest BCUT2D eigenvalue weighted by Crippen LogP contribution is 2.37. The predicted molar refractivity (Wildman–Crippen MR) is 94.9 cm³/mol. The highest BCUT2D eigenvalue weighted by Gasteiger charge is 2.14. The minimum atomic E-state index is 0.0381. The van der Waals surface area contributed by atoms with Gasteiger partial charge in [0.1, 0.15) is 0 Å². The molecule has 0 aliphatic rings. The van der Waals surface area contributed by atoms with Crippen LogP contribution in [0.4, 0.5) is 16.4 Å². The number of nitrogens with zero attached hydrogens (tertiary/aromatic N) is 2. The molecule has 0 unspecified atom stereocenters. The third-order valence-corrected chi connectivity index (χ3v) is 4.53. The highest BCUT2D eigenvalue weighted by atomic mass is 32.1. The number of nitrogens with two attached hydrogens (primary N) is 1. The minimum absolute atomic E-state index is 0.0381. The Morgan fingerprint density at radius 1 is 1.09 bits per heavy atom. The maximum atomic E-state index is 9.26. The Morgan fingerprint density at radius 3 is 2.32 bits per heavy atom. The minimum Gasteiger partial charge on any atom is -0.399 e. The average Bonchev–Trinajstić information content (AvgIpc) is 2.97. The zero-order valence-corrected chi connectivity index (χ0v) is 13.8. The molecule has 2 aromatic rings. The lowest BCUT2D eigenvalue weighted by molar-refractivity contribution is 0.281. The van der Waals surface area contributed by atoms with Gasteiger partial charge < -0.3 is 25.7 Å². The molecule has 0 saturated carbocycles. The smallest absolute Gasteiger partial charge is 0.0909 e. The van der Waals surface area contributed by atoms with Gasteiger partial charge in [-0.25, -0.2) is 0 Å². The number of rotatable bonds is 7. The molecule has 0 spiro atoms. The van der Waals surface area contributed by atoms with Crippen LogP contribution in [0, 0.1) is 0 Å². The molecule has 0 radical (unpaired) electrons. The fraction of sp³-hybridized carbons (Fsp3) is 0.375. The fourth-order valence-electron chi connectivity index (χ4n) is 2.36. The van der Waals surface area contributed by atoms with E-state index in [1.807, 2.05) is 37.2 Å². The number of nitrogen functional groups attached to an aromatic ring is 1. The normalized spacial score (nSPS) is 10.7. The second kappa shape index (κ2) is 7.49. The summed E-state index contributed by atoms with van der Waals surface area (Å²) in [5, 5.41) is 21.8. The molecule has 0 aliphatic carbocycles. The first kappa shape index (κ1) is 16.6. The van der Waals surface area contributed by atoms with Crippen LogP contribution < -0.4 is 15.5 Å². The Balaban J connectivity index is 2.46. The van der Waals surface area contributed by atoms with Crippen molar-refractivity contribution in [3.63, 3.8) is 0 Å². The monoisotopic (exact) mass is 321 g/mol. The number of aliphatic hydroxyl groups is 2. The summed E-state index contributed by atoms with van der Waals surface area (Å²) in [6.07, 6.45) is 0. The maximum absolute atomic E-state index is 9.26. The van der Waals surface area contributed by atoms with Gasteiger partial charge in [-0.2, -0.15) is 0 Å². The van der Waals surface area contributed by atoms with Gasteiger partial charge in [0.05, 0.1) is 18.2 Å². The fourth-order valence-corrected chi connectivity index (χ4v) is 3.20. The molecule has 0 aliphatic heterocycles. The van der Waals surface area contributed by atoms with Gasteiger partial charge in [-0.3, -0.25) is 0 Å². The summed E-state index contributed by atoms with van der Waals surface area (Å²) >= 11 is 1.67. The van der Waals surface area contributed by atoms with E-state index in [1.165, 1.54) is 5.00 Å². The van der Waals surface area contributed by atoms with Crippen molar-refractivity contribution in [2.45, 2.75) is 0 Å². The molecule has 1 aromatic heterocycles. The van der Waals surface area contributed by atoms with Crippen LogP contribution in [0.1, 0.15) is 0 Å². The molecule has 0 amide bonds. The highest BCUT2D eigenvalue weighted by molar-refractivity contribution is 7.14. The Bertz CT molecular complexity index is 607. The number of thiophene rings is 1.